The summed E-state index contributed by atoms with van der Waals surface area (Å²) in [4.78, 5) is 17.8. The average molecular weight is 322 g/mol. The zero-order valence-corrected chi connectivity index (χ0v) is 13.1. The van der Waals surface area contributed by atoms with Gasteiger partial charge in [0, 0.05) is 24.6 Å². The lowest BCUT2D eigenvalue weighted by Crippen LogP contribution is -2.33. The number of carbonyl (C=O) groups excluding carboxylic acids is 1. The number of hydrogen-bond acceptors (Lipinski definition) is 2. The van der Waals surface area contributed by atoms with Crippen molar-refractivity contribution >= 4 is 11.6 Å². The van der Waals surface area contributed by atoms with E-state index in [0.29, 0.717) is 5.69 Å². The smallest absolute Gasteiger partial charge is 0.308 e. The monoisotopic (exact) mass is 322 g/mol. The molecule has 122 valence electrons. The molecule has 3 nitrogen and oxygen atoms in total. The van der Waals surface area contributed by atoms with Crippen LogP contribution in [0.25, 0.3) is 0 Å². The molecule has 0 aliphatic rings. The fourth-order valence-corrected chi connectivity index (χ4v) is 2.59. The SMILES string of the molecule is CCN(C(=O)c1cnccc1C(F)(F)F)c1c(C)cccc1C. The molecule has 0 fully saturated rings. The van der Waals surface area contributed by atoms with Gasteiger partial charge in [0.15, 0.2) is 0 Å². The maximum absolute atomic E-state index is 13.1. The predicted molar refractivity (Wildman–Crippen MR) is 82.5 cm³/mol. The first-order chi connectivity index (χ1) is 10.8. The standard InChI is InChI=1S/C17H17F3N2O/c1-4-22(15-11(2)6-5-7-12(15)3)16(23)13-10-21-9-8-14(13)17(18,19)20/h5-10H,4H2,1-3H3. The number of aromatic nitrogens is 1. The van der Waals surface area contributed by atoms with Crippen LogP contribution in [0, 0.1) is 13.8 Å². The van der Waals surface area contributed by atoms with Crippen molar-refractivity contribution in [2.75, 3.05) is 11.4 Å². The van der Waals surface area contributed by atoms with Crippen LogP contribution in [0.4, 0.5) is 18.9 Å². The summed E-state index contributed by atoms with van der Waals surface area (Å²) in [6.45, 7) is 5.64. The van der Waals surface area contributed by atoms with E-state index < -0.39 is 23.2 Å². The summed E-state index contributed by atoms with van der Waals surface area (Å²) in [6, 6.07) is 6.32. The molecule has 2 aromatic rings. The van der Waals surface area contributed by atoms with E-state index in [2.05, 4.69) is 4.98 Å². The molecule has 1 aromatic heterocycles. The summed E-state index contributed by atoms with van der Waals surface area (Å²) in [7, 11) is 0. The quantitative estimate of drug-likeness (QED) is 0.840. The van der Waals surface area contributed by atoms with Gasteiger partial charge in [-0.3, -0.25) is 9.78 Å². The highest BCUT2D eigenvalue weighted by Gasteiger charge is 2.36. The number of anilines is 1. The third-order valence-corrected chi connectivity index (χ3v) is 3.63. The molecule has 0 aliphatic carbocycles. The highest BCUT2D eigenvalue weighted by molar-refractivity contribution is 6.07. The van der Waals surface area contributed by atoms with Crippen molar-refractivity contribution in [2.45, 2.75) is 26.9 Å². The molecule has 2 rings (SSSR count). The van der Waals surface area contributed by atoms with Crippen LogP contribution < -0.4 is 4.90 Å². The number of pyridine rings is 1. The number of carbonyl (C=O) groups is 1. The predicted octanol–water partition coefficient (Wildman–Crippen LogP) is 4.38. The third kappa shape index (κ3) is 3.36. The summed E-state index contributed by atoms with van der Waals surface area (Å²) in [5, 5.41) is 0. The number of hydrogen-bond donors (Lipinski definition) is 0. The van der Waals surface area contributed by atoms with Gasteiger partial charge in [0.25, 0.3) is 5.91 Å². The summed E-state index contributed by atoms with van der Waals surface area (Å²) in [5.41, 5.74) is 0.888. The van der Waals surface area contributed by atoms with Crippen LogP contribution in [-0.2, 0) is 6.18 Å². The zero-order chi connectivity index (χ0) is 17.2. The number of halogens is 3. The van der Waals surface area contributed by atoms with Gasteiger partial charge in [-0.15, -0.1) is 0 Å². The number of rotatable bonds is 3. The van der Waals surface area contributed by atoms with E-state index in [1.807, 2.05) is 32.0 Å². The number of amides is 1. The molecule has 0 atom stereocenters. The lowest BCUT2D eigenvalue weighted by molar-refractivity contribution is -0.138. The molecular formula is C17H17F3N2O. The molecular weight excluding hydrogens is 305 g/mol. The largest absolute Gasteiger partial charge is 0.417 e. The number of benzene rings is 1. The van der Waals surface area contributed by atoms with Crippen molar-refractivity contribution in [3.63, 3.8) is 0 Å². The molecule has 23 heavy (non-hydrogen) atoms. The van der Waals surface area contributed by atoms with E-state index in [0.717, 1.165) is 29.6 Å². The average Bonchev–Trinajstić information content (AvgIpc) is 2.49. The Labute approximate surface area is 132 Å². The first-order valence-electron chi connectivity index (χ1n) is 7.16. The second-order valence-electron chi connectivity index (χ2n) is 5.21. The Morgan fingerprint density at radius 3 is 2.30 bits per heavy atom. The van der Waals surface area contributed by atoms with Crippen LogP contribution in [-0.4, -0.2) is 17.4 Å². The Morgan fingerprint density at radius 2 is 1.78 bits per heavy atom. The fraction of sp³-hybridized carbons (Fsp3) is 0.294. The van der Waals surface area contributed by atoms with Crippen LogP contribution in [0.5, 0.6) is 0 Å². The van der Waals surface area contributed by atoms with Gasteiger partial charge in [-0.2, -0.15) is 13.2 Å². The minimum Gasteiger partial charge on any atom is -0.308 e. The first-order valence-corrected chi connectivity index (χ1v) is 7.16. The molecule has 6 heteroatoms. The number of aryl methyl sites for hydroxylation is 2. The molecule has 1 aromatic carbocycles. The Balaban J connectivity index is 2.55. The van der Waals surface area contributed by atoms with Crippen LogP contribution in [0.15, 0.2) is 36.7 Å². The van der Waals surface area contributed by atoms with Crippen molar-refractivity contribution in [1.82, 2.24) is 4.98 Å². The topological polar surface area (TPSA) is 33.2 Å². The van der Waals surface area contributed by atoms with Gasteiger partial charge in [0.1, 0.15) is 0 Å². The first kappa shape index (κ1) is 17.0. The minimum absolute atomic E-state index is 0.261. The summed E-state index contributed by atoms with van der Waals surface area (Å²) in [5.74, 6) is -0.703. The van der Waals surface area contributed by atoms with Crippen molar-refractivity contribution in [1.29, 1.82) is 0 Å². The molecule has 0 saturated carbocycles. The van der Waals surface area contributed by atoms with Gasteiger partial charge >= 0.3 is 6.18 Å². The minimum atomic E-state index is -4.60. The van der Waals surface area contributed by atoms with Crippen LogP contribution >= 0.6 is 0 Å². The maximum atomic E-state index is 13.1. The zero-order valence-electron chi connectivity index (χ0n) is 13.1. The van der Waals surface area contributed by atoms with E-state index in [9.17, 15) is 18.0 Å². The van der Waals surface area contributed by atoms with Gasteiger partial charge in [0.05, 0.1) is 11.1 Å². The van der Waals surface area contributed by atoms with Gasteiger partial charge in [0.2, 0.25) is 0 Å². The Morgan fingerprint density at radius 1 is 1.17 bits per heavy atom. The maximum Gasteiger partial charge on any atom is 0.417 e. The lowest BCUT2D eigenvalue weighted by Gasteiger charge is -2.26. The van der Waals surface area contributed by atoms with Crippen molar-refractivity contribution in [3.05, 3.63) is 58.9 Å². The normalized spacial score (nSPS) is 11.4. The second-order valence-corrected chi connectivity index (χ2v) is 5.21. The Kier molecular flexibility index (Phi) is 4.73. The van der Waals surface area contributed by atoms with E-state index in [1.165, 1.54) is 4.90 Å². The van der Waals surface area contributed by atoms with Gasteiger partial charge in [-0.05, 0) is 38.0 Å². The third-order valence-electron chi connectivity index (χ3n) is 3.63. The van der Waals surface area contributed by atoms with Crippen molar-refractivity contribution < 1.29 is 18.0 Å². The molecule has 1 amide bonds. The molecule has 0 N–H and O–H groups in total. The van der Waals surface area contributed by atoms with Gasteiger partial charge in [-0.1, -0.05) is 18.2 Å². The Hall–Kier alpha value is -2.37. The van der Waals surface area contributed by atoms with Crippen LogP contribution in [0.2, 0.25) is 0 Å². The molecule has 0 radical (unpaired) electrons. The summed E-state index contributed by atoms with van der Waals surface area (Å²) < 4.78 is 39.4. The molecule has 0 aliphatic heterocycles. The van der Waals surface area contributed by atoms with E-state index in [-0.39, 0.29) is 6.54 Å². The highest BCUT2D eigenvalue weighted by atomic mass is 19.4. The van der Waals surface area contributed by atoms with Crippen LogP contribution in [0.1, 0.15) is 34.0 Å². The van der Waals surface area contributed by atoms with Crippen LogP contribution in [0.3, 0.4) is 0 Å². The molecule has 0 saturated heterocycles. The highest BCUT2D eigenvalue weighted by Crippen LogP contribution is 2.33. The molecule has 0 bridgehead atoms. The molecule has 1 heterocycles. The van der Waals surface area contributed by atoms with E-state index >= 15 is 0 Å². The molecule has 0 unspecified atom stereocenters. The second kappa shape index (κ2) is 6.40. The summed E-state index contributed by atoms with van der Waals surface area (Å²) >= 11 is 0. The van der Waals surface area contributed by atoms with E-state index in [1.54, 1.807) is 6.92 Å². The van der Waals surface area contributed by atoms with E-state index in [4.69, 9.17) is 0 Å². The molecule has 0 spiro atoms. The van der Waals surface area contributed by atoms with Gasteiger partial charge in [-0.25, -0.2) is 0 Å². The van der Waals surface area contributed by atoms with Gasteiger partial charge < -0.3 is 4.90 Å². The number of para-hydroxylation sites is 1. The number of nitrogens with zero attached hydrogens (tertiary/aromatic N) is 2. The number of alkyl halides is 3. The fourth-order valence-electron chi connectivity index (χ4n) is 2.59. The van der Waals surface area contributed by atoms with Crippen molar-refractivity contribution in [3.8, 4) is 0 Å². The lowest BCUT2D eigenvalue weighted by atomic mass is 10.0. The summed E-state index contributed by atoms with van der Waals surface area (Å²) in [6.07, 6.45) is -2.59. The Bertz CT molecular complexity index is 706. The van der Waals surface area contributed by atoms with Crippen molar-refractivity contribution in [2.24, 2.45) is 0 Å².